The number of nitrogens with one attached hydrogen (secondary N) is 1. The van der Waals surface area contributed by atoms with E-state index < -0.39 is 37.0 Å². The van der Waals surface area contributed by atoms with Gasteiger partial charge in [-0.15, -0.1) is 0 Å². The molecular weight excluding hydrogens is 715 g/mol. The Hall–Kier alpha value is -2.23. The molecule has 306 valence electrons. The molecule has 2 N–H and O–H groups in total. The summed E-state index contributed by atoms with van der Waals surface area (Å²) in [6, 6.07) is 4.79. The molecule has 1 unspecified atom stereocenters. The van der Waals surface area contributed by atoms with Gasteiger partial charge in [-0.2, -0.15) is 0 Å². The van der Waals surface area contributed by atoms with Crippen molar-refractivity contribution in [1.29, 1.82) is 0 Å². The Bertz CT molecular complexity index is 1990. The molecule has 1 aromatic carbocycles. The van der Waals surface area contributed by atoms with E-state index in [0.29, 0.717) is 46.7 Å². The van der Waals surface area contributed by atoms with E-state index in [1.165, 1.54) is 41.1 Å². The highest BCUT2D eigenvalue weighted by Gasteiger charge is 2.73. The molecule has 0 spiro atoms. The first-order valence-electron chi connectivity index (χ1n) is 22.1. The van der Waals surface area contributed by atoms with Gasteiger partial charge in [0.25, 0.3) is 0 Å². The lowest BCUT2D eigenvalue weighted by Gasteiger charge is -2.65. The number of aromatic amines is 1. The number of aliphatic hydroxyl groups is 1. The van der Waals surface area contributed by atoms with E-state index in [9.17, 15) is 9.90 Å². The zero-order chi connectivity index (χ0) is 40.2. The highest BCUT2D eigenvalue weighted by molar-refractivity contribution is 6.77. The number of ether oxygens (including phenoxy) is 3. The van der Waals surface area contributed by atoms with E-state index in [1.54, 1.807) is 5.56 Å². The van der Waals surface area contributed by atoms with Gasteiger partial charge in [-0.05, 0) is 134 Å². The Balaban J connectivity index is 1.15. The smallest absolute Gasteiger partial charge is 0.303 e. The molecule has 3 fully saturated rings. The number of esters is 1. The maximum atomic E-state index is 13.4. The lowest BCUT2D eigenvalue weighted by atomic mass is 9.42. The lowest BCUT2D eigenvalue weighted by molar-refractivity contribution is -0.218. The molecule has 2 aliphatic heterocycles. The van der Waals surface area contributed by atoms with E-state index in [4.69, 9.17) is 18.6 Å². The molecule has 7 aliphatic rings. The zero-order valence-electron chi connectivity index (χ0n) is 36.3. The van der Waals surface area contributed by atoms with Crippen molar-refractivity contribution in [1.82, 2.24) is 4.98 Å². The maximum Gasteiger partial charge on any atom is 0.303 e. The summed E-state index contributed by atoms with van der Waals surface area (Å²) in [5.74, 6) is 1.84. The lowest BCUT2D eigenvalue weighted by Crippen LogP contribution is -2.68. The predicted molar refractivity (Wildman–Crippen MR) is 224 cm³/mol. The molecule has 5 aliphatic carbocycles. The van der Waals surface area contributed by atoms with Crippen molar-refractivity contribution in [2.75, 3.05) is 6.61 Å². The van der Waals surface area contributed by atoms with Gasteiger partial charge >= 0.3 is 5.97 Å². The number of H-pyrrole nitrogens is 1. The van der Waals surface area contributed by atoms with Gasteiger partial charge in [0.1, 0.15) is 6.10 Å². The van der Waals surface area contributed by atoms with E-state index in [1.807, 2.05) is 13.0 Å². The van der Waals surface area contributed by atoms with Crippen LogP contribution in [0.2, 0.25) is 16.6 Å². The molecule has 12 atom stereocenters. The number of hydrogen-bond acceptors (Lipinski definition) is 6. The third kappa shape index (κ3) is 4.86. The molecule has 3 saturated carbocycles. The van der Waals surface area contributed by atoms with Crippen LogP contribution in [0, 0.1) is 29.1 Å². The summed E-state index contributed by atoms with van der Waals surface area (Å²) < 4.78 is 27.5. The Morgan fingerprint density at radius 3 is 2.34 bits per heavy atom. The van der Waals surface area contributed by atoms with Crippen LogP contribution in [0.5, 0.6) is 0 Å². The largest absolute Gasteiger partial charge is 0.455 e. The summed E-state index contributed by atoms with van der Waals surface area (Å²) in [5, 5.41) is 14.8. The van der Waals surface area contributed by atoms with E-state index in [2.05, 4.69) is 92.9 Å². The quantitative estimate of drug-likeness (QED) is 0.157. The molecule has 56 heavy (non-hydrogen) atoms. The van der Waals surface area contributed by atoms with Crippen LogP contribution < -0.4 is 0 Å². The summed E-state index contributed by atoms with van der Waals surface area (Å²) in [4.78, 5) is 16.4. The molecule has 2 aromatic rings. The second-order valence-corrected chi connectivity index (χ2v) is 26.9. The number of benzene rings is 1. The standard InChI is InChI=1S/C48H69NO6Si/c1-24(2)42-37(53-28(9)50)22-33-36(54-42)17-18-46(12)47(13)32(16-19-48(33,46)51)43-41-40-35(49-44(41)47)15-14-29-20-30(23-52-56(25(3)4,26(5)6)27(7)8)31-21-34(39(31)38(29)40)45(10,11)55-43/h14-15,22,25-27,30-32,34,36-37,39,42-43,49,51H,1,16-21,23H2,2-13H3/t30?,31-,32+,34+,36+,37-,39+,42-,43+,46-,47-,48-/m1/s1. The van der Waals surface area contributed by atoms with Crippen molar-refractivity contribution in [3.05, 3.63) is 58.3 Å². The number of aromatic nitrogens is 1. The maximum absolute atomic E-state index is 13.4. The molecule has 7 nitrogen and oxygen atoms in total. The topological polar surface area (TPSA) is 90.0 Å². The van der Waals surface area contributed by atoms with Gasteiger partial charge in [0, 0.05) is 52.4 Å². The van der Waals surface area contributed by atoms with Crippen LogP contribution >= 0.6 is 0 Å². The van der Waals surface area contributed by atoms with Crippen LogP contribution in [0.3, 0.4) is 0 Å². The van der Waals surface area contributed by atoms with Crippen molar-refractivity contribution in [3.8, 4) is 0 Å². The van der Waals surface area contributed by atoms with Crippen LogP contribution in [-0.2, 0) is 35.3 Å². The summed E-state index contributed by atoms with van der Waals surface area (Å²) in [6.45, 7) is 32.3. The minimum Gasteiger partial charge on any atom is -0.455 e. The molecule has 0 radical (unpaired) electrons. The Labute approximate surface area is 336 Å². The molecule has 0 amide bonds. The Morgan fingerprint density at radius 1 is 1.00 bits per heavy atom. The van der Waals surface area contributed by atoms with Crippen LogP contribution in [0.25, 0.3) is 10.9 Å². The summed E-state index contributed by atoms with van der Waals surface area (Å²) in [7, 11) is -2.00. The number of hydrogen-bond donors (Lipinski definition) is 2. The van der Waals surface area contributed by atoms with Gasteiger partial charge in [0.15, 0.2) is 14.4 Å². The second-order valence-electron chi connectivity index (χ2n) is 21.4. The number of carbonyl (C=O) groups is 1. The van der Waals surface area contributed by atoms with Gasteiger partial charge in [-0.25, -0.2) is 0 Å². The molecule has 8 heteroatoms. The Morgan fingerprint density at radius 2 is 1.70 bits per heavy atom. The van der Waals surface area contributed by atoms with Crippen molar-refractivity contribution in [2.45, 2.75) is 185 Å². The van der Waals surface area contributed by atoms with Crippen molar-refractivity contribution in [3.63, 3.8) is 0 Å². The molecule has 9 rings (SSSR count). The van der Waals surface area contributed by atoms with Gasteiger partial charge in [0.2, 0.25) is 0 Å². The molecule has 1 aromatic heterocycles. The monoisotopic (exact) mass is 783 g/mol. The van der Waals surface area contributed by atoms with E-state index in [-0.39, 0.29) is 29.7 Å². The fourth-order valence-electron chi connectivity index (χ4n) is 15.1. The van der Waals surface area contributed by atoms with E-state index >= 15 is 0 Å². The third-order valence-corrected chi connectivity index (χ3v) is 23.9. The van der Waals surface area contributed by atoms with Gasteiger partial charge in [-0.1, -0.05) is 68.0 Å². The average Bonchev–Trinajstić information content (AvgIpc) is 3.58. The molecule has 0 bridgehead atoms. The first kappa shape index (κ1) is 39.2. The van der Waals surface area contributed by atoms with E-state index in [0.717, 1.165) is 43.4 Å². The fraction of sp³-hybridized carbons (Fsp3) is 0.729. The van der Waals surface area contributed by atoms with Crippen LogP contribution in [-0.4, -0.2) is 60.5 Å². The van der Waals surface area contributed by atoms with Crippen molar-refractivity contribution in [2.24, 2.45) is 29.1 Å². The average molecular weight is 784 g/mol. The SMILES string of the molecule is C=C(C)[C@H]1O[C@H]2CC[C@@]3(C)[C@@](O)(CC[C@H]4[C@@H]5OC(C)(C)[C@H]6C[C@@H]7C(CO[Si](C(C)C)(C(C)C)C(C)C)Cc8ccc9[nH]c(c5c9c8[C@@H]76)[C@@]43C)C2=C[C@H]1OC(C)=O. The summed E-state index contributed by atoms with van der Waals surface area (Å²) in [6.07, 6.45) is 5.99. The third-order valence-electron chi connectivity index (χ3n) is 17.8. The highest BCUT2D eigenvalue weighted by Crippen LogP contribution is 2.74. The molecular formula is C48H69NO6Si. The minimum absolute atomic E-state index is 0.0571. The van der Waals surface area contributed by atoms with Gasteiger partial charge in [-0.3, -0.25) is 4.79 Å². The van der Waals surface area contributed by atoms with Crippen LogP contribution in [0.4, 0.5) is 0 Å². The van der Waals surface area contributed by atoms with Crippen molar-refractivity contribution >= 4 is 25.2 Å². The molecule has 3 heterocycles. The zero-order valence-corrected chi connectivity index (χ0v) is 37.3. The summed E-state index contributed by atoms with van der Waals surface area (Å²) in [5.41, 5.74) is 8.00. The van der Waals surface area contributed by atoms with Gasteiger partial charge in [0.05, 0.1) is 23.4 Å². The molecule has 0 saturated heterocycles. The highest BCUT2D eigenvalue weighted by atomic mass is 28.4. The number of fused-ring (bicyclic) bond motifs is 7. The van der Waals surface area contributed by atoms with Crippen LogP contribution in [0.1, 0.15) is 150 Å². The normalized spacial score (nSPS) is 40.4. The number of rotatable bonds is 8. The minimum atomic E-state index is -2.00. The first-order valence-corrected chi connectivity index (χ1v) is 24.3. The second kappa shape index (κ2) is 12.6. The van der Waals surface area contributed by atoms with Crippen LogP contribution in [0.15, 0.2) is 35.9 Å². The summed E-state index contributed by atoms with van der Waals surface area (Å²) >= 11 is 0. The van der Waals surface area contributed by atoms with Crippen molar-refractivity contribution < 1.29 is 28.5 Å². The fourth-order valence-corrected chi connectivity index (χ4v) is 20.6. The van der Waals surface area contributed by atoms with Gasteiger partial charge < -0.3 is 28.7 Å². The predicted octanol–water partition coefficient (Wildman–Crippen LogP) is 10.5. The Kier molecular flexibility index (Phi) is 8.86. The first-order chi connectivity index (χ1) is 26.2. The number of carbonyl (C=O) groups excluding carboxylic acids is 1.